The molecule has 0 spiro atoms. The van der Waals surface area contributed by atoms with Gasteiger partial charge in [-0.1, -0.05) is 34.1 Å². The summed E-state index contributed by atoms with van der Waals surface area (Å²) in [7, 11) is 0. The zero-order chi connectivity index (χ0) is 11.4. The second-order valence-corrected chi connectivity index (χ2v) is 4.51. The van der Waals surface area contributed by atoms with Crippen molar-refractivity contribution in [2.45, 2.75) is 40.5 Å². The standard InChI is InChI=1S/C11H19O3.Na.H2O/c1-5-9(10(13)14)11(3,4)6-8(2)7-12;;/h8-9H,5-6H2,1-4H3,(H,13,14);;1H2/q-1;+1;/p-1. The first-order chi connectivity index (χ1) is 6.35. The fourth-order valence-electron chi connectivity index (χ4n) is 2.03. The van der Waals surface area contributed by atoms with Gasteiger partial charge in [0.2, 0.25) is 0 Å². The molecule has 0 aliphatic carbocycles. The normalized spacial score (nSPS) is 14.0. The molecule has 5 heteroatoms. The molecular formula is C11H20NaO4-. The number of rotatable bonds is 6. The third-order valence-corrected chi connectivity index (χ3v) is 2.68. The molecule has 4 nitrogen and oxygen atoms in total. The Bertz CT molecular complexity index is 216. The molecule has 2 atom stereocenters. The van der Waals surface area contributed by atoms with E-state index in [2.05, 4.69) is 0 Å². The van der Waals surface area contributed by atoms with Crippen LogP contribution in [0.3, 0.4) is 0 Å². The molecule has 0 rings (SSSR count). The summed E-state index contributed by atoms with van der Waals surface area (Å²) in [6.07, 6.45) is 3.06. The Morgan fingerprint density at radius 1 is 1.44 bits per heavy atom. The first-order valence-corrected chi connectivity index (χ1v) is 4.95. The molecule has 0 amide bonds. The number of carbonyl (C=O) groups excluding carboxylic acids is 1. The Kier molecular flexibility index (Phi) is 12.3. The quantitative estimate of drug-likeness (QED) is 0.480. The van der Waals surface area contributed by atoms with Crippen LogP contribution < -0.4 is 29.6 Å². The Hall–Kier alpha value is 0.1000. The van der Waals surface area contributed by atoms with E-state index in [1.807, 2.05) is 27.1 Å². The minimum Gasteiger partial charge on any atom is -0.870 e. The summed E-state index contributed by atoms with van der Waals surface area (Å²) >= 11 is 0. The van der Waals surface area contributed by atoms with E-state index in [9.17, 15) is 9.59 Å². The Morgan fingerprint density at radius 3 is 2.12 bits per heavy atom. The molecule has 0 heterocycles. The minimum atomic E-state index is -0.782. The van der Waals surface area contributed by atoms with Gasteiger partial charge in [-0.3, -0.25) is 11.1 Å². The van der Waals surface area contributed by atoms with Gasteiger partial charge in [0.05, 0.1) is 5.92 Å². The van der Waals surface area contributed by atoms with Gasteiger partial charge in [0.25, 0.3) is 0 Å². The fraction of sp³-hybridized carbons (Fsp3) is 0.818. The summed E-state index contributed by atoms with van der Waals surface area (Å²) in [5, 5.41) is 9.00. The summed E-state index contributed by atoms with van der Waals surface area (Å²) in [4.78, 5) is 21.3. The van der Waals surface area contributed by atoms with Crippen molar-refractivity contribution in [3.8, 4) is 0 Å². The fourth-order valence-corrected chi connectivity index (χ4v) is 2.03. The third kappa shape index (κ3) is 6.63. The maximum atomic E-state index is 10.9. The molecule has 0 bridgehead atoms. The molecule has 2 unspecified atom stereocenters. The van der Waals surface area contributed by atoms with Crippen molar-refractivity contribution in [2.24, 2.45) is 17.3 Å². The van der Waals surface area contributed by atoms with Gasteiger partial charge in [0, 0.05) is 0 Å². The van der Waals surface area contributed by atoms with E-state index in [0.29, 0.717) is 12.8 Å². The maximum absolute atomic E-state index is 10.9. The van der Waals surface area contributed by atoms with Crippen LogP contribution in [0.15, 0.2) is 0 Å². The van der Waals surface area contributed by atoms with Crippen molar-refractivity contribution in [3.63, 3.8) is 0 Å². The van der Waals surface area contributed by atoms with Crippen LogP contribution in [0.4, 0.5) is 0 Å². The summed E-state index contributed by atoms with van der Waals surface area (Å²) < 4.78 is 0. The van der Waals surface area contributed by atoms with Crippen molar-refractivity contribution in [2.75, 3.05) is 0 Å². The van der Waals surface area contributed by atoms with E-state index >= 15 is 0 Å². The van der Waals surface area contributed by atoms with Gasteiger partial charge in [-0.2, -0.15) is 0 Å². The van der Waals surface area contributed by atoms with Gasteiger partial charge in [-0.15, -0.1) is 5.92 Å². The number of aliphatic carboxylic acids is 1. The van der Waals surface area contributed by atoms with Gasteiger partial charge in [0.15, 0.2) is 0 Å². The summed E-state index contributed by atoms with van der Waals surface area (Å²) in [6.45, 7) is 7.41. The summed E-state index contributed by atoms with van der Waals surface area (Å²) in [5.74, 6) is -1.37. The predicted molar refractivity (Wildman–Crippen MR) is 56.6 cm³/mol. The first-order valence-electron chi connectivity index (χ1n) is 4.95. The third-order valence-electron chi connectivity index (χ3n) is 2.68. The van der Waals surface area contributed by atoms with E-state index in [-0.39, 0.29) is 46.4 Å². The van der Waals surface area contributed by atoms with Crippen LogP contribution in [0.25, 0.3) is 0 Å². The largest absolute Gasteiger partial charge is 1.00 e. The van der Waals surface area contributed by atoms with Crippen molar-refractivity contribution in [3.05, 3.63) is 0 Å². The van der Waals surface area contributed by atoms with E-state index in [0.717, 1.165) is 0 Å². The van der Waals surface area contributed by atoms with Crippen molar-refractivity contribution < 1.29 is 49.7 Å². The molecule has 0 aliphatic rings. The molecule has 0 saturated heterocycles. The maximum Gasteiger partial charge on any atom is 1.00 e. The number of carboxylic acids is 1. The second kappa shape index (κ2) is 9.16. The first kappa shape index (κ1) is 21.4. The van der Waals surface area contributed by atoms with Gasteiger partial charge in [-0.25, -0.2) is 0 Å². The molecule has 0 fully saturated rings. The monoisotopic (exact) mass is 239 g/mol. The number of carbonyl (C=O) groups is 1. The smallest absolute Gasteiger partial charge is 0.870 e. The predicted octanol–water partition coefficient (Wildman–Crippen LogP) is -0.913. The van der Waals surface area contributed by atoms with Gasteiger partial charge in [0.1, 0.15) is 0 Å². The molecule has 0 saturated carbocycles. The van der Waals surface area contributed by atoms with Crippen molar-refractivity contribution >= 4 is 12.3 Å². The second-order valence-electron chi connectivity index (χ2n) is 4.51. The van der Waals surface area contributed by atoms with Crippen LogP contribution in [0.1, 0.15) is 40.5 Å². The topological polar surface area (TPSA) is 84.4 Å². The van der Waals surface area contributed by atoms with Crippen molar-refractivity contribution in [1.29, 1.82) is 0 Å². The molecule has 16 heavy (non-hydrogen) atoms. The van der Waals surface area contributed by atoms with E-state index < -0.39 is 11.9 Å². The van der Waals surface area contributed by atoms with Crippen LogP contribution in [-0.4, -0.2) is 22.8 Å². The van der Waals surface area contributed by atoms with Gasteiger partial charge in [-0.05, 0) is 11.8 Å². The molecule has 0 aromatic heterocycles. The Balaban J connectivity index is -0.000000845. The zero-order valence-electron chi connectivity index (χ0n) is 10.8. The molecular weight excluding hydrogens is 219 g/mol. The number of hydrogen-bond acceptors (Lipinski definition) is 3. The number of hydrogen-bond donors (Lipinski definition) is 1. The minimum absolute atomic E-state index is 0. The summed E-state index contributed by atoms with van der Waals surface area (Å²) in [5.41, 5.74) is -0.350. The Labute approximate surface area is 119 Å². The van der Waals surface area contributed by atoms with Crippen LogP contribution in [0.2, 0.25) is 0 Å². The van der Waals surface area contributed by atoms with E-state index in [1.54, 1.807) is 6.92 Å². The zero-order valence-corrected chi connectivity index (χ0v) is 12.8. The van der Waals surface area contributed by atoms with Gasteiger partial charge >= 0.3 is 35.5 Å². The van der Waals surface area contributed by atoms with Crippen LogP contribution in [0.5, 0.6) is 0 Å². The molecule has 0 aromatic carbocycles. The van der Waals surface area contributed by atoms with Crippen LogP contribution in [-0.2, 0) is 9.59 Å². The van der Waals surface area contributed by atoms with Crippen molar-refractivity contribution in [1.82, 2.24) is 0 Å². The summed E-state index contributed by atoms with van der Waals surface area (Å²) in [6, 6.07) is 0. The molecule has 2 N–H and O–H groups in total. The Morgan fingerprint density at radius 2 is 1.88 bits per heavy atom. The molecule has 0 aromatic rings. The van der Waals surface area contributed by atoms with Gasteiger partial charge < -0.3 is 15.4 Å². The van der Waals surface area contributed by atoms with E-state index in [4.69, 9.17) is 5.11 Å². The average molecular weight is 239 g/mol. The molecule has 0 aliphatic heterocycles. The SMILES string of the molecule is CCC(C(=O)O)C(C)(C)CC(C)[C-]=O.[Na+].[OH-]. The van der Waals surface area contributed by atoms with Crippen LogP contribution in [0, 0.1) is 17.3 Å². The number of carboxylic acid groups (broad SMARTS) is 1. The molecule has 0 radical (unpaired) electrons. The van der Waals surface area contributed by atoms with Crippen LogP contribution >= 0.6 is 0 Å². The molecule has 90 valence electrons. The average Bonchev–Trinajstić information content (AvgIpc) is 2.02. The van der Waals surface area contributed by atoms with E-state index in [1.165, 1.54) is 0 Å².